The van der Waals surface area contributed by atoms with Crippen LogP contribution < -0.4 is 4.90 Å². The quantitative estimate of drug-likeness (QED) is 0.919. The standard InChI is InChI=1S/C18H27N5O/c1-4-9-22-17-14(20-15(21-17)12-7-5-6-8-12)16-19-13(11(2)3)10-23(16)18(22)24/h11-13H,4-10H2,1-3H3,(H,20,21). The van der Waals surface area contributed by atoms with Crippen LogP contribution in [-0.4, -0.2) is 45.9 Å². The number of carbonyl (C=O) groups is 1. The monoisotopic (exact) mass is 329 g/mol. The van der Waals surface area contributed by atoms with E-state index in [1.54, 1.807) is 0 Å². The van der Waals surface area contributed by atoms with Gasteiger partial charge in [-0.3, -0.25) is 14.8 Å². The third kappa shape index (κ3) is 2.34. The van der Waals surface area contributed by atoms with Gasteiger partial charge in [-0.2, -0.15) is 0 Å². The van der Waals surface area contributed by atoms with Gasteiger partial charge in [0, 0.05) is 12.5 Å². The van der Waals surface area contributed by atoms with Crippen LogP contribution in [0.5, 0.6) is 0 Å². The molecule has 2 amide bonds. The van der Waals surface area contributed by atoms with Crippen LogP contribution in [0.2, 0.25) is 0 Å². The fraction of sp³-hybridized carbons (Fsp3) is 0.722. The fourth-order valence-corrected chi connectivity index (χ4v) is 4.06. The number of nitrogens with one attached hydrogen (secondary N) is 1. The van der Waals surface area contributed by atoms with Crippen molar-refractivity contribution in [3.8, 4) is 0 Å². The van der Waals surface area contributed by atoms with Crippen LogP contribution in [0.4, 0.5) is 10.6 Å². The Hall–Kier alpha value is -1.85. The summed E-state index contributed by atoms with van der Waals surface area (Å²) in [5.74, 6) is 3.58. The van der Waals surface area contributed by atoms with E-state index in [1.165, 1.54) is 25.7 Å². The van der Waals surface area contributed by atoms with Crippen molar-refractivity contribution < 1.29 is 4.79 Å². The molecule has 3 aliphatic rings. The number of hydrogen-bond donors (Lipinski definition) is 1. The fourth-order valence-electron chi connectivity index (χ4n) is 4.06. The minimum atomic E-state index is 0.0377. The van der Waals surface area contributed by atoms with E-state index in [1.807, 2.05) is 9.80 Å². The molecule has 0 spiro atoms. The SMILES string of the molecule is CCCN1C(=O)N2CC(C(C)C)N=C2c2[nH]c(C3CCCC3)nc21. The van der Waals surface area contributed by atoms with Crippen molar-refractivity contribution in [2.75, 3.05) is 18.0 Å². The van der Waals surface area contributed by atoms with Crippen LogP contribution >= 0.6 is 0 Å². The molecule has 4 rings (SSSR count). The van der Waals surface area contributed by atoms with E-state index in [2.05, 4.69) is 25.8 Å². The zero-order valence-electron chi connectivity index (χ0n) is 14.9. The van der Waals surface area contributed by atoms with Gasteiger partial charge in [-0.05, 0) is 25.2 Å². The summed E-state index contributed by atoms with van der Waals surface area (Å²) >= 11 is 0. The van der Waals surface area contributed by atoms with Gasteiger partial charge in [-0.15, -0.1) is 0 Å². The summed E-state index contributed by atoms with van der Waals surface area (Å²) in [5, 5.41) is 0. The maximum absolute atomic E-state index is 13.0. The Morgan fingerprint density at radius 3 is 2.71 bits per heavy atom. The molecule has 3 heterocycles. The smallest absolute Gasteiger partial charge is 0.331 e. The zero-order valence-corrected chi connectivity index (χ0v) is 14.9. The molecule has 1 N–H and O–H groups in total. The summed E-state index contributed by atoms with van der Waals surface area (Å²) in [5.41, 5.74) is 0.952. The van der Waals surface area contributed by atoms with Gasteiger partial charge in [-0.25, -0.2) is 9.78 Å². The third-order valence-electron chi connectivity index (χ3n) is 5.52. The predicted octanol–water partition coefficient (Wildman–Crippen LogP) is 3.50. The van der Waals surface area contributed by atoms with Gasteiger partial charge in [0.05, 0.1) is 12.6 Å². The van der Waals surface area contributed by atoms with E-state index in [0.29, 0.717) is 24.9 Å². The Labute approximate surface area is 143 Å². The molecule has 0 saturated heterocycles. The van der Waals surface area contributed by atoms with Crippen molar-refractivity contribution >= 4 is 17.7 Å². The number of carbonyl (C=O) groups excluding carboxylic acids is 1. The van der Waals surface area contributed by atoms with E-state index in [4.69, 9.17) is 9.98 Å². The first-order chi connectivity index (χ1) is 11.6. The van der Waals surface area contributed by atoms with Gasteiger partial charge in [0.2, 0.25) is 0 Å². The van der Waals surface area contributed by atoms with Crippen molar-refractivity contribution in [2.24, 2.45) is 10.9 Å². The number of amidine groups is 1. The number of aliphatic imine (C=N–C) groups is 1. The van der Waals surface area contributed by atoms with Crippen LogP contribution in [0.15, 0.2) is 4.99 Å². The Kier molecular flexibility index (Phi) is 3.85. The van der Waals surface area contributed by atoms with Crippen molar-refractivity contribution in [3.05, 3.63) is 11.5 Å². The molecular formula is C18H27N5O. The summed E-state index contributed by atoms with van der Waals surface area (Å²) in [4.78, 5) is 29.9. The molecule has 6 nitrogen and oxygen atoms in total. The van der Waals surface area contributed by atoms with Gasteiger partial charge in [0.25, 0.3) is 0 Å². The number of imidazole rings is 1. The van der Waals surface area contributed by atoms with Gasteiger partial charge < -0.3 is 4.98 Å². The van der Waals surface area contributed by atoms with Crippen LogP contribution in [0.25, 0.3) is 0 Å². The van der Waals surface area contributed by atoms with Crippen molar-refractivity contribution in [2.45, 2.75) is 64.8 Å². The highest BCUT2D eigenvalue weighted by molar-refractivity contribution is 6.18. The van der Waals surface area contributed by atoms with E-state index < -0.39 is 0 Å². The maximum atomic E-state index is 13.0. The lowest BCUT2D eigenvalue weighted by atomic mass is 10.1. The molecule has 130 valence electrons. The van der Waals surface area contributed by atoms with Gasteiger partial charge >= 0.3 is 6.03 Å². The molecule has 0 bridgehead atoms. The molecule has 1 aromatic rings. The molecule has 1 atom stereocenters. The first-order valence-electron chi connectivity index (χ1n) is 9.37. The first-order valence-corrected chi connectivity index (χ1v) is 9.37. The van der Waals surface area contributed by atoms with E-state index >= 15 is 0 Å². The average molecular weight is 329 g/mol. The van der Waals surface area contributed by atoms with Crippen molar-refractivity contribution in [3.63, 3.8) is 0 Å². The summed E-state index contributed by atoms with van der Waals surface area (Å²) in [6.45, 7) is 7.82. The van der Waals surface area contributed by atoms with Crippen LogP contribution in [0.1, 0.15) is 70.3 Å². The Morgan fingerprint density at radius 1 is 1.29 bits per heavy atom. The lowest BCUT2D eigenvalue weighted by Crippen LogP contribution is -2.50. The molecule has 1 saturated carbocycles. The number of amides is 2. The number of fused-ring (bicyclic) bond motifs is 3. The topological polar surface area (TPSA) is 64.6 Å². The highest BCUT2D eigenvalue weighted by Gasteiger charge is 2.43. The zero-order chi connectivity index (χ0) is 16.8. The second-order valence-corrected chi connectivity index (χ2v) is 7.61. The number of anilines is 1. The van der Waals surface area contributed by atoms with Crippen molar-refractivity contribution in [1.29, 1.82) is 0 Å². The molecular weight excluding hydrogens is 302 g/mol. The maximum Gasteiger partial charge on any atom is 0.331 e. The molecule has 1 unspecified atom stereocenters. The Bertz CT molecular complexity index is 671. The number of rotatable bonds is 4. The number of aromatic nitrogens is 2. The number of H-pyrrole nitrogens is 1. The normalized spacial score (nSPS) is 23.9. The van der Waals surface area contributed by atoms with E-state index in [-0.39, 0.29) is 12.1 Å². The molecule has 6 heteroatoms. The van der Waals surface area contributed by atoms with Gasteiger partial charge in [-0.1, -0.05) is 33.6 Å². The third-order valence-corrected chi connectivity index (χ3v) is 5.52. The lowest BCUT2D eigenvalue weighted by Gasteiger charge is -2.32. The number of nitrogens with zero attached hydrogens (tertiary/aromatic N) is 4. The minimum absolute atomic E-state index is 0.0377. The molecule has 1 aromatic heterocycles. The van der Waals surface area contributed by atoms with E-state index in [0.717, 1.165) is 29.6 Å². The Morgan fingerprint density at radius 2 is 2.04 bits per heavy atom. The molecule has 0 aromatic carbocycles. The molecule has 2 aliphatic heterocycles. The van der Waals surface area contributed by atoms with Gasteiger partial charge in [0.1, 0.15) is 11.5 Å². The second-order valence-electron chi connectivity index (χ2n) is 7.61. The first kappa shape index (κ1) is 15.7. The molecule has 1 fully saturated rings. The molecule has 1 aliphatic carbocycles. The summed E-state index contributed by atoms with van der Waals surface area (Å²) in [6.07, 6.45) is 5.86. The van der Waals surface area contributed by atoms with Crippen molar-refractivity contribution in [1.82, 2.24) is 14.9 Å². The molecule has 24 heavy (non-hydrogen) atoms. The number of aromatic amines is 1. The largest absolute Gasteiger partial charge is 0.337 e. The molecule has 0 radical (unpaired) electrons. The van der Waals surface area contributed by atoms with E-state index in [9.17, 15) is 4.79 Å². The Balaban J connectivity index is 1.77. The lowest BCUT2D eigenvalue weighted by molar-refractivity contribution is 0.225. The number of urea groups is 1. The van der Waals surface area contributed by atoms with Crippen LogP contribution in [0.3, 0.4) is 0 Å². The number of hydrogen-bond acceptors (Lipinski definition) is 3. The summed E-state index contributed by atoms with van der Waals surface area (Å²) in [6, 6.07) is 0.215. The highest BCUT2D eigenvalue weighted by Crippen LogP contribution is 2.37. The minimum Gasteiger partial charge on any atom is -0.337 e. The van der Waals surface area contributed by atoms with Gasteiger partial charge in [0.15, 0.2) is 11.7 Å². The van der Waals surface area contributed by atoms with Crippen LogP contribution in [-0.2, 0) is 0 Å². The van der Waals surface area contributed by atoms with Crippen LogP contribution in [0, 0.1) is 5.92 Å². The highest BCUT2D eigenvalue weighted by atomic mass is 16.2. The predicted molar refractivity (Wildman–Crippen MR) is 94.7 cm³/mol. The summed E-state index contributed by atoms with van der Waals surface area (Å²) < 4.78 is 0. The summed E-state index contributed by atoms with van der Waals surface area (Å²) in [7, 11) is 0. The second kappa shape index (κ2) is 5.90. The average Bonchev–Trinajstić information content (AvgIpc) is 3.28.